The van der Waals surface area contributed by atoms with Gasteiger partial charge >= 0.3 is 12.4 Å². The van der Waals surface area contributed by atoms with Crippen molar-refractivity contribution < 1.29 is 26.3 Å². The van der Waals surface area contributed by atoms with Crippen molar-refractivity contribution in [1.29, 1.82) is 0 Å². The molecule has 0 aromatic carbocycles. The standard InChI is InChI=1S/C9H4F6N2/c1-16-4-5-2-3-17-7(9(13,14)15)6(5)8(10,11)12/h2-3H,4H2. The molecular formula is C9H4F6N2. The molecule has 0 saturated heterocycles. The molecule has 0 spiro atoms. The van der Waals surface area contributed by atoms with E-state index >= 15 is 0 Å². The van der Waals surface area contributed by atoms with Crippen molar-refractivity contribution in [2.24, 2.45) is 0 Å². The van der Waals surface area contributed by atoms with Crippen molar-refractivity contribution in [3.05, 3.63) is 40.5 Å². The fourth-order valence-electron chi connectivity index (χ4n) is 1.25. The number of rotatable bonds is 1. The van der Waals surface area contributed by atoms with E-state index in [1.807, 2.05) is 0 Å². The van der Waals surface area contributed by atoms with Gasteiger partial charge in [-0.2, -0.15) is 26.3 Å². The molecule has 2 nitrogen and oxygen atoms in total. The Morgan fingerprint density at radius 1 is 1.12 bits per heavy atom. The van der Waals surface area contributed by atoms with Crippen molar-refractivity contribution in [2.75, 3.05) is 0 Å². The monoisotopic (exact) mass is 254 g/mol. The lowest BCUT2D eigenvalue weighted by molar-refractivity contribution is -0.165. The maximum Gasteiger partial charge on any atom is 0.433 e. The molecule has 0 N–H and O–H groups in total. The molecule has 8 heteroatoms. The molecule has 0 bridgehead atoms. The fraction of sp³-hybridized carbons (Fsp3) is 0.333. The van der Waals surface area contributed by atoms with Gasteiger partial charge in [-0.15, -0.1) is 0 Å². The maximum atomic E-state index is 12.5. The van der Waals surface area contributed by atoms with Gasteiger partial charge < -0.3 is 4.85 Å². The highest BCUT2D eigenvalue weighted by Crippen LogP contribution is 2.40. The Kier molecular flexibility index (Phi) is 3.31. The first-order valence-electron chi connectivity index (χ1n) is 4.13. The molecule has 1 heterocycles. The summed E-state index contributed by atoms with van der Waals surface area (Å²) < 4.78 is 74.6. The van der Waals surface area contributed by atoms with Crippen LogP contribution < -0.4 is 0 Å². The molecule has 0 aliphatic carbocycles. The molecule has 0 fully saturated rings. The first-order chi connectivity index (χ1) is 7.68. The number of pyridine rings is 1. The number of hydrogen-bond donors (Lipinski definition) is 0. The van der Waals surface area contributed by atoms with E-state index in [1.54, 1.807) is 0 Å². The van der Waals surface area contributed by atoms with E-state index in [1.165, 1.54) is 0 Å². The van der Waals surface area contributed by atoms with Gasteiger partial charge in [-0.25, -0.2) is 6.57 Å². The van der Waals surface area contributed by atoms with Crippen LogP contribution in [-0.2, 0) is 18.9 Å². The Morgan fingerprint density at radius 2 is 1.71 bits per heavy atom. The van der Waals surface area contributed by atoms with Crippen LogP contribution in [-0.4, -0.2) is 4.98 Å². The summed E-state index contributed by atoms with van der Waals surface area (Å²) in [6, 6.07) is 0.760. The zero-order chi connectivity index (χ0) is 13.3. The summed E-state index contributed by atoms with van der Waals surface area (Å²) in [6.45, 7) is 5.65. The first-order valence-corrected chi connectivity index (χ1v) is 4.13. The zero-order valence-corrected chi connectivity index (χ0v) is 8.02. The van der Waals surface area contributed by atoms with Crippen molar-refractivity contribution in [1.82, 2.24) is 4.98 Å². The molecule has 17 heavy (non-hydrogen) atoms. The van der Waals surface area contributed by atoms with Gasteiger partial charge in [-0.05, 0) is 6.07 Å². The van der Waals surface area contributed by atoms with Gasteiger partial charge in [0, 0.05) is 11.8 Å². The van der Waals surface area contributed by atoms with E-state index < -0.39 is 35.7 Å². The molecule has 0 atom stereocenters. The average Bonchev–Trinajstić information content (AvgIpc) is 2.14. The maximum absolute atomic E-state index is 12.5. The van der Waals surface area contributed by atoms with Crippen molar-refractivity contribution >= 4 is 0 Å². The van der Waals surface area contributed by atoms with Gasteiger partial charge in [0.2, 0.25) is 6.54 Å². The normalized spacial score (nSPS) is 12.3. The predicted molar refractivity (Wildman–Crippen MR) is 44.5 cm³/mol. The highest BCUT2D eigenvalue weighted by Gasteiger charge is 2.46. The minimum Gasteiger partial charge on any atom is -0.312 e. The van der Waals surface area contributed by atoms with Crippen LogP contribution in [0.4, 0.5) is 26.3 Å². The van der Waals surface area contributed by atoms with Crippen LogP contribution >= 0.6 is 0 Å². The molecule has 0 radical (unpaired) electrons. The molecule has 0 unspecified atom stereocenters. The second-order valence-electron chi connectivity index (χ2n) is 3.01. The molecule has 0 saturated carbocycles. The lowest BCUT2D eigenvalue weighted by Gasteiger charge is -2.15. The molecular weight excluding hydrogens is 250 g/mol. The minimum absolute atomic E-state index is 0.610. The molecule has 1 aromatic rings. The van der Waals surface area contributed by atoms with Gasteiger partial charge in [-0.3, -0.25) is 4.98 Å². The third-order valence-electron chi connectivity index (χ3n) is 1.84. The van der Waals surface area contributed by atoms with E-state index in [9.17, 15) is 26.3 Å². The van der Waals surface area contributed by atoms with Crippen LogP contribution in [0.15, 0.2) is 12.3 Å². The Bertz CT molecular complexity index is 454. The predicted octanol–water partition coefficient (Wildman–Crippen LogP) is 3.54. The van der Waals surface area contributed by atoms with Crippen LogP contribution in [0.2, 0.25) is 0 Å². The Balaban J connectivity index is 3.53. The van der Waals surface area contributed by atoms with Crippen LogP contribution in [0.3, 0.4) is 0 Å². The van der Waals surface area contributed by atoms with E-state index in [2.05, 4.69) is 9.83 Å². The molecule has 92 valence electrons. The Hall–Kier alpha value is -1.78. The summed E-state index contributed by atoms with van der Waals surface area (Å²) in [5.41, 5.74) is -4.62. The molecule has 0 aliphatic heterocycles. The Labute approximate surface area is 91.7 Å². The quantitative estimate of drug-likeness (QED) is 0.553. The largest absolute Gasteiger partial charge is 0.433 e. The number of hydrogen-bond acceptors (Lipinski definition) is 1. The smallest absolute Gasteiger partial charge is 0.312 e. The van der Waals surface area contributed by atoms with Crippen molar-refractivity contribution in [2.45, 2.75) is 18.9 Å². The molecule has 1 aromatic heterocycles. The first kappa shape index (κ1) is 13.3. The second-order valence-corrected chi connectivity index (χ2v) is 3.01. The number of aromatic nitrogens is 1. The summed E-state index contributed by atoms with van der Waals surface area (Å²) in [5.74, 6) is 0. The lowest BCUT2D eigenvalue weighted by Crippen LogP contribution is -2.20. The lowest BCUT2D eigenvalue weighted by atomic mass is 10.1. The molecule has 0 amide bonds. The summed E-state index contributed by atoms with van der Waals surface area (Å²) in [5, 5.41) is 0. The van der Waals surface area contributed by atoms with E-state index in [-0.39, 0.29) is 0 Å². The van der Waals surface area contributed by atoms with Crippen LogP contribution in [0.5, 0.6) is 0 Å². The Morgan fingerprint density at radius 3 is 2.12 bits per heavy atom. The van der Waals surface area contributed by atoms with E-state index in [4.69, 9.17) is 6.57 Å². The SMILES string of the molecule is [C-]#[N+]Cc1ccnc(C(F)(F)F)c1C(F)(F)F. The van der Waals surface area contributed by atoms with Gasteiger partial charge in [-0.1, -0.05) is 0 Å². The van der Waals surface area contributed by atoms with Gasteiger partial charge in [0.25, 0.3) is 0 Å². The summed E-state index contributed by atoms with van der Waals surface area (Å²) in [6.07, 6.45) is -9.79. The summed E-state index contributed by atoms with van der Waals surface area (Å²) >= 11 is 0. The summed E-state index contributed by atoms with van der Waals surface area (Å²) in [7, 11) is 0. The van der Waals surface area contributed by atoms with Crippen LogP contribution in [0.25, 0.3) is 4.85 Å². The number of alkyl halides is 6. The van der Waals surface area contributed by atoms with Gasteiger partial charge in [0.1, 0.15) is 0 Å². The van der Waals surface area contributed by atoms with Gasteiger partial charge in [0.05, 0.1) is 5.56 Å². The summed E-state index contributed by atoms with van der Waals surface area (Å²) in [4.78, 5) is 5.37. The number of nitrogens with zero attached hydrogens (tertiary/aromatic N) is 2. The van der Waals surface area contributed by atoms with E-state index in [0.29, 0.717) is 6.20 Å². The third kappa shape index (κ3) is 2.87. The fourth-order valence-corrected chi connectivity index (χ4v) is 1.25. The van der Waals surface area contributed by atoms with Crippen LogP contribution in [0, 0.1) is 6.57 Å². The van der Waals surface area contributed by atoms with E-state index in [0.717, 1.165) is 6.07 Å². The number of halogens is 6. The highest BCUT2D eigenvalue weighted by molar-refractivity contribution is 5.35. The topological polar surface area (TPSA) is 17.2 Å². The highest BCUT2D eigenvalue weighted by atomic mass is 19.4. The van der Waals surface area contributed by atoms with Crippen molar-refractivity contribution in [3.8, 4) is 0 Å². The minimum atomic E-state index is -5.21. The third-order valence-corrected chi connectivity index (χ3v) is 1.84. The van der Waals surface area contributed by atoms with Crippen LogP contribution in [0.1, 0.15) is 16.8 Å². The van der Waals surface area contributed by atoms with Crippen molar-refractivity contribution in [3.63, 3.8) is 0 Å². The second kappa shape index (κ2) is 4.24. The van der Waals surface area contributed by atoms with Gasteiger partial charge in [0.15, 0.2) is 5.69 Å². The molecule has 1 rings (SSSR count). The zero-order valence-electron chi connectivity index (χ0n) is 8.02. The average molecular weight is 254 g/mol. The molecule has 0 aliphatic rings.